The van der Waals surface area contributed by atoms with E-state index in [2.05, 4.69) is 0 Å². The van der Waals surface area contributed by atoms with Gasteiger partial charge < -0.3 is 19.0 Å². The second kappa shape index (κ2) is 5.06. The molecule has 0 spiro atoms. The van der Waals surface area contributed by atoms with Crippen molar-refractivity contribution in [2.45, 2.75) is 12.4 Å². The van der Waals surface area contributed by atoms with Crippen molar-refractivity contribution >= 4 is 22.6 Å². The minimum absolute atomic E-state index is 0.363. The van der Waals surface area contributed by atoms with E-state index in [0.29, 0.717) is 16.4 Å². The first-order chi connectivity index (χ1) is 8.17. The van der Waals surface area contributed by atoms with Gasteiger partial charge >= 0.3 is 0 Å². The average Bonchev–Trinajstić information content (AvgIpc) is 2.76. The molecule has 17 heavy (non-hydrogen) atoms. The highest BCUT2D eigenvalue weighted by Crippen LogP contribution is 2.30. The van der Waals surface area contributed by atoms with Crippen LogP contribution in [-0.4, -0.2) is 25.6 Å². The Bertz CT molecular complexity index is 504. The fourth-order valence-corrected chi connectivity index (χ4v) is 1.90. The molecule has 0 bridgehead atoms. The zero-order valence-electron chi connectivity index (χ0n) is 9.51. The van der Waals surface area contributed by atoms with Crippen LogP contribution >= 0.6 is 11.6 Å². The van der Waals surface area contributed by atoms with Gasteiger partial charge in [0.15, 0.2) is 18.0 Å². The zero-order valence-corrected chi connectivity index (χ0v) is 10.3. The van der Waals surface area contributed by atoms with Gasteiger partial charge in [-0.15, -0.1) is 0 Å². The summed E-state index contributed by atoms with van der Waals surface area (Å²) in [6, 6.07) is 7.13. The summed E-state index contributed by atoms with van der Waals surface area (Å²) < 4.78 is 15.5. The lowest BCUT2D eigenvalue weighted by atomic mass is 10.2. The van der Waals surface area contributed by atoms with E-state index in [9.17, 15) is 5.11 Å². The van der Waals surface area contributed by atoms with E-state index in [4.69, 9.17) is 25.5 Å². The summed E-state index contributed by atoms with van der Waals surface area (Å²) in [5, 5.41) is 11.3. The third-order valence-corrected chi connectivity index (χ3v) is 2.83. The maximum atomic E-state index is 9.99. The average molecular weight is 257 g/mol. The Kier molecular flexibility index (Phi) is 3.69. The van der Waals surface area contributed by atoms with Crippen LogP contribution in [-0.2, 0) is 9.47 Å². The Morgan fingerprint density at radius 3 is 2.59 bits per heavy atom. The van der Waals surface area contributed by atoms with Crippen molar-refractivity contribution < 1.29 is 19.0 Å². The van der Waals surface area contributed by atoms with E-state index < -0.39 is 12.4 Å². The minimum atomic E-state index is -0.992. The van der Waals surface area contributed by atoms with Gasteiger partial charge in [0.05, 0.1) is 5.02 Å². The maximum absolute atomic E-state index is 9.99. The second-order valence-corrected chi connectivity index (χ2v) is 4.00. The molecule has 1 heterocycles. The van der Waals surface area contributed by atoms with Crippen LogP contribution in [0.3, 0.4) is 0 Å². The van der Waals surface area contributed by atoms with Gasteiger partial charge in [0, 0.05) is 19.6 Å². The third-order valence-electron chi connectivity index (χ3n) is 2.53. The fraction of sp³-hybridized carbons (Fsp3) is 0.333. The molecule has 2 rings (SSSR count). The number of aliphatic hydroxyl groups excluding tert-OH is 1. The first-order valence-electron chi connectivity index (χ1n) is 5.09. The minimum Gasteiger partial charge on any atom is -0.457 e. The summed E-state index contributed by atoms with van der Waals surface area (Å²) in [5.74, 6) is 0.363. The van der Waals surface area contributed by atoms with Gasteiger partial charge in [-0.2, -0.15) is 0 Å². The number of benzene rings is 1. The highest BCUT2D eigenvalue weighted by atomic mass is 35.5. The summed E-state index contributed by atoms with van der Waals surface area (Å²) >= 11 is 5.98. The predicted molar refractivity (Wildman–Crippen MR) is 64.0 cm³/mol. The van der Waals surface area contributed by atoms with Gasteiger partial charge in [0.1, 0.15) is 5.76 Å². The van der Waals surface area contributed by atoms with Crippen molar-refractivity contribution in [3.63, 3.8) is 0 Å². The quantitative estimate of drug-likeness (QED) is 0.855. The number of halogens is 1. The fourth-order valence-electron chi connectivity index (χ4n) is 1.68. The van der Waals surface area contributed by atoms with E-state index in [-0.39, 0.29) is 0 Å². The van der Waals surface area contributed by atoms with Crippen LogP contribution < -0.4 is 0 Å². The Balaban J connectivity index is 2.39. The van der Waals surface area contributed by atoms with E-state index in [1.807, 2.05) is 12.1 Å². The first-order valence-corrected chi connectivity index (χ1v) is 5.46. The topological polar surface area (TPSA) is 51.8 Å². The van der Waals surface area contributed by atoms with E-state index in [0.717, 1.165) is 5.39 Å². The molecule has 0 aliphatic heterocycles. The molecule has 0 saturated carbocycles. The summed E-state index contributed by atoms with van der Waals surface area (Å²) in [4.78, 5) is 0. The molecule has 0 fully saturated rings. The Morgan fingerprint density at radius 1 is 1.29 bits per heavy atom. The Morgan fingerprint density at radius 2 is 2.00 bits per heavy atom. The number of ether oxygens (including phenoxy) is 2. The van der Waals surface area contributed by atoms with Gasteiger partial charge in [-0.05, 0) is 12.1 Å². The SMILES string of the molecule is COC(OC)C(O)c1cc2cccc(Cl)c2o1. The Hall–Kier alpha value is -1.07. The predicted octanol–water partition coefficient (Wildman–Crippen LogP) is 2.74. The smallest absolute Gasteiger partial charge is 0.190 e. The van der Waals surface area contributed by atoms with Crippen LogP contribution in [0.15, 0.2) is 28.7 Å². The van der Waals surface area contributed by atoms with Crippen LogP contribution in [0.1, 0.15) is 11.9 Å². The molecule has 1 aromatic heterocycles. The highest BCUT2D eigenvalue weighted by molar-refractivity contribution is 6.34. The second-order valence-electron chi connectivity index (χ2n) is 3.59. The largest absolute Gasteiger partial charge is 0.457 e. The van der Waals surface area contributed by atoms with Crippen LogP contribution in [0.25, 0.3) is 11.0 Å². The van der Waals surface area contributed by atoms with Crippen molar-refractivity contribution in [1.82, 2.24) is 0 Å². The van der Waals surface area contributed by atoms with Crippen molar-refractivity contribution in [2.24, 2.45) is 0 Å². The monoisotopic (exact) mass is 256 g/mol. The van der Waals surface area contributed by atoms with Gasteiger partial charge in [-0.1, -0.05) is 23.7 Å². The molecule has 5 heteroatoms. The number of aliphatic hydroxyl groups is 1. The molecule has 92 valence electrons. The van der Waals surface area contributed by atoms with E-state index in [1.165, 1.54) is 14.2 Å². The number of furan rings is 1. The normalized spacial score (nSPS) is 13.5. The lowest BCUT2D eigenvalue weighted by molar-refractivity contribution is -0.170. The lowest BCUT2D eigenvalue weighted by Crippen LogP contribution is -2.22. The Labute approximate surface area is 104 Å². The van der Waals surface area contributed by atoms with Crippen molar-refractivity contribution in [3.05, 3.63) is 35.0 Å². The first kappa shape index (κ1) is 12.4. The molecule has 1 N–H and O–H groups in total. The van der Waals surface area contributed by atoms with E-state index >= 15 is 0 Å². The number of hydrogen-bond acceptors (Lipinski definition) is 4. The van der Waals surface area contributed by atoms with Crippen molar-refractivity contribution in [1.29, 1.82) is 0 Å². The molecular formula is C12H13ClO4. The molecule has 1 unspecified atom stereocenters. The van der Waals surface area contributed by atoms with Crippen LogP contribution in [0, 0.1) is 0 Å². The summed E-state index contributed by atoms with van der Waals surface area (Å²) in [7, 11) is 2.90. The molecule has 0 aliphatic carbocycles. The van der Waals surface area contributed by atoms with E-state index in [1.54, 1.807) is 12.1 Å². The zero-order chi connectivity index (χ0) is 12.4. The maximum Gasteiger partial charge on any atom is 0.190 e. The molecule has 0 saturated heterocycles. The van der Waals surface area contributed by atoms with Crippen molar-refractivity contribution in [2.75, 3.05) is 14.2 Å². The molecular weight excluding hydrogens is 244 g/mol. The molecule has 1 atom stereocenters. The molecule has 1 aromatic carbocycles. The third kappa shape index (κ3) is 2.30. The number of methoxy groups -OCH3 is 2. The van der Waals surface area contributed by atoms with Gasteiger partial charge in [0.2, 0.25) is 0 Å². The number of hydrogen-bond donors (Lipinski definition) is 1. The van der Waals surface area contributed by atoms with Gasteiger partial charge in [-0.3, -0.25) is 0 Å². The van der Waals surface area contributed by atoms with Crippen molar-refractivity contribution in [3.8, 4) is 0 Å². The number of para-hydroxylation sites is 1. The van der Waals surface area contributed by atoms with Crippen LogP contribution in [0.2, 0.25) is 5.02 Å². The number of rotatable bonds is 4. The van der Waals surface area contributed by atoms with Gasteiger partial charge in [-0.25, -0.2) is 0 Å². The summed E-state index contributed by atoms with van der Waals surface area (Å²) in [5.41, 5.74) is 0.550. The molecule has 2 aromatic rings. The number of fused-ring (bicyclic) bond motifs is 1. The lowest BCUT2D eigenvalue weighted by Gasteiger charge is -2.17. The summed E-state index contributed by atoms with van der Waals surface area (Å²) in [6.07, 6.45) is -1.76. The molecule has 0 radical (unpaired) electrons. The standard InChI is InChI=1S/C12H13ClO4/c1-15-12(16-2)10(14)9-6-7-4-3-5-8(13)11(7)17-9/h3-6,10,12,14H,1-2H3. The molecule has 0 aliphatic rings. The summed E-state index contributed by atoms with van der Waals surface area (Å²) in [6.45, 7) is 0. The molecule has 0 amide bonds. The molecule has 4 nitrogen and oxygen atoms in total. The van der Waals surface area contributed by atoms with Crippen LogP contribution in [0.4, 0.5) is 0 Å². The van der Waals surface area contributed by atoms with Gasteiger partial charge in [0.25, 0.3) is 0 Å². The van der Waals surface area contributed by atoms with Crippen LogP contribution in [0.5, 0.6) is 0 Å². The highest BCUT2D eigenvalue weighted by Gasteiger charge is 2.24.